The molecule has 2 heterocycles. The fraction of sp³-hybridized carbons (Fsp3) is 0.120. The largest absolute Gasteiger partial charge is 0.454 e. The van der Waals surface area contributed by atoms with Gasteiger partial charge in [0, 0.05) is 0 Å². The van der Waals surface area contributed by atoms with Crippen LogP contribution < -0.4 is 15.3 Å². The minimum absolute atomic E-state index is 0.211. The molecule has 2 aliphatic heterocycles. The zero-order chi connectivity index (χ0) is 23.2. The van der Waals surface area contributed by atoms with Crippen LogP contribution in [0.1, 0.15) is 40.1 Å². The Morgan fingerprint density at radius 3 is 2.00 bits per heavy atom. The molecule has 164 valence electrons. The van der Waals surface area contributed by atoms with E-state index in [2.05, 4.69) is 10.4 Å². The second-order valence-electron chi connectivity index (χ2n) is 8.10. The fourth-order valence-corrected chi connectivity index (χ4v) is 4.10. The highest BCUT2D eigenvalue weighted by atomic mass is 32.1. The summed E-state index contributed by atoms with van der Waals surface area (Å²) in [6, 6.07) is 23.3. The number of hydrogen-bond donors (Lipinski definition) is 1. The monoisotopic (exact) mass is 456 g/mol. The van der Waals surface area contributed by atoms with Gasteiger partial charge in [0.05, 0.1) is 28.1 Å². The Morgan fingerprint density at radius 1 is 0.818 bits per heavy atom. The number of ether oxygens (including phenoxy) is 1. The van der Waals surface area contributed by atoms with Crippen LogP contribution >= 0.6 is 12.2 Å². The number of carbonyl (C=O) groups is 2. The third-order valence-electron chi connectivity index (χ3n) is 5.31. The minimum Gasteiger partial charge on any atom is -0.454 e. The number of para-hydroxylation sites is 2. The van der Waals surface area contributed by atoms with Gasteiger partial charge in [-0.2, -0.15) is 10.4 Å². The number of nitrogens with zero attached hydrogens (tertiary/aromatic N) is 3. The molecule has 0 aliphatic carbocycles. The lowest BCUT2D eigenvalue weighted by molar-refractivity contribution is 0.0639. The zero-order valence-corrected chi connectivity index (χ0v) is 18.8. The number of benzene rings is 3. The quantitative estimate of drug-likeness (QED) is 0.468. The first kappa shape index (κ1) is 21.0. The lowest BCUT2D eigenvalue weighted by Crippen LogP contribution is -2.53. The Bertz CT molecular complexity index is 1280. The van der Waals surface area contributed by atoms with Crippen molar-refractivity contribution in [3.8, 4) is 0 Å². The van der Waals surface area contributed by atoms with E-state index in [1.807, 2.05) is 44.2 Å². The van der Waals surface area contributed by atoms with Gasteiger partial charge in [0.1, 0.15) is 0 Å². The number of anilines is 2. The van der Waals surface area contributed by atoms with Crippen LogP contribution in [-0.2, 0) is 4.74 Å². The Balaban J connectivity index is 1.59. The highest BCUT2D eigenvalue weighted by molar-refractivity contribution is 7.80. The predicted molar refractivity (Wildman–Crippen MR) is 130 cm³/mol. The molecule has 1 N–H and O–H groups in total. The SMILES string of the molecule is CC1(C)NN(c2ccccc2)C(=S)N=C(c2ccccc2N2C(=O)c3ccccc3C2=O)O1. The van der Waals surface area contributed by atoms with Crippen LogP contribution in [0.5, 0.6) is 0 Å². The third-order valence-corrected chi connectivity index (χ3v) is 5.58. The summed E-state index contributed by atoms with van der Waals surface area (Å²) in [6.07, 6.45) is 0. The Morgan fingerprint density at radius 2 is 1.36 bits per heavy atom. The first-order valence-corrected chi connectivity index (χ1v) is 10.8. The summed E-state index contributed by atoms with van der Waals surface area (Å²) in [6.45, 7) is 3.69. The number of thiocarbonyl (C=S) groups is 1. The van der Waals surface area contributed by atoms with E-state index in [0.717, 1.165) is 10.6 Å². The molecule has 0 atom stereocenters. The van der Waals surface area contributed by atoms with Crippen LogP contribution in [0, 0.1) is 0 Å². The van der Waals surface area contributed by atoms with Crippen LogP contribution in [0.2, 0.25) is 0 Å². The van der Waals surface area contributed by atoms with E-state index in [0.29, 0.717) is 22.4 Å². The summed E-state index contributed by atoms with van der Waals surface area (Å²) >= 11 is 5.61. The first-order chi connectivity index (χ1) is 15.9. The van der Waals surface area contributed by atoms with E-state index in [1.165, 1.54) is 0 Å². The van der Waals surface area contributed by atoms with Crippen LogP contribution in [0.3, 0.4) is 0 Å². The molecule has 33 heavy (non-hydrogen) atoms. The van der Waals surface area contributed by atoms with E-state index < -0.39 is 5.72 Å². The van der Waals surface area contributed by atoms with E-state index in [1.54, 1.807) is 53.5 Å². The molecule has 8 heteroatoms. The summed E-state index contributed by atoms with van der Waals surface area (Å²) in [5, 5.41) is 1.91. The van der Waals surface area contributed by atoms with Crippen LogP contribution in [0.4, 0.5) is 11.4 Å². The number of hydrogen-bond acceptors (Lipinski definition) is 5. The maximum Gasteiger partial charge on any atom is 0.266 e. The van der Waals surface area contributed by atoms with Gasteiger partial charge < -0.3 is 4.74 Å². The summed E-state index contributed by atoms with van der Waals surface area (Å²) < 4.78 is 6.22. The number of aliphatic imine (C=N–C) groups is 1. The number of hydrazine groups is 1. The molecule has 2 amide bonds. The van der Waals surface area contributed by atoms with E-state index in [9.17, 15) is 9.59 Å². The number of nitrogens with one attached hydrogen (secondary N) is 1. The van der Waals surface area contributed by atoms with Crippen molar-refractivity contribution < 1.29 is 14.3 Å². The van der Waals surface area contributed by atoms with Crippen molar-refractivity contribution >= 4 is 46.4 Å². The first-order valence-electron chi connectivity index (χ1n) is 10.4. The zero-order valence-electron chi connectivity index (χ0n) is 18.0. The molecule has 3 aromatic carbocycles. The third kappa shape index (κ3) is 3.69. The van der Waals surface area contributed by atoms with Gasteiger partial charge in [-0.3, -0.25) is 9.59 Å². The Hall–Kier alpha value is -3.88. The van der Waals surface area contributed by atoms with Crippen LogP contribution in [0.15, 0.2) is 83.9 Å². The van der Waals surface area contributed by atoms with Gasteiger partial charge in [-0.05, 0) is 62.5 Å². The molecular weight excluding hydrogens is 436 g/mol. The van der Waals surface area contributed by atoms with Gasteiger partial charge in [-0.25, -0.2) is 9.91 Å². The molecule has 0 aromatic heterocycles. The van der Waals surface area contributed by atoms with Crippen molar-refractivity contribution in [3.05, 3.63) is 95.6 Å². The molecule has 5 rings (SSSR count). The van der Waals surface area contributed by atoms with Gasteiger partial charge in [-0.15, -0.1) is 0 Å². The second-order valence-corrected chi connectivity index (χ2v) is 8.47. The van der Waals surface area contributed by atoms with Crippen molar-refractivity contribution in [3.63, 3.8) is 0 Å². The molecule has 2 aliphatic rings. The number of carbonyl (C=O) groups excluding carboxylic acids is 2. The summed E-state index contributed by atoms with van der Waals surface area (Å²) in [5.41, 5.74) is 4.76. The Kier molecular flexibility index (Phi) is 5.03. The lowest BCUT2D eigenvalue weighted by atomic mass is 10.1. The molecule has 0 saturated heterocycles. The summed E-state index contributed by atoms with van der Waals surface area (Å²) in [4.78, 5) is 32.0. The van der Waals surface area contributed by atoms with Crippen LogP contribution in [0.25, 0.3) is 0 Å². The topological polar surface area (TPSA) is 74.2 Å². The van der Waals surface area contributed by atoms with E-state index in [4.69, 9.17) is 17.0 Å². The predicted octanol–water partition coefficient (Wildman–Crippen LogP) is 4.30. The molecule has 0 fully saturated rings. The Labute approximate surface area is 196 Å². The molecule has 3 aromatic rings. The molecule has 0 bridgehead atoms. The van der Waals surface area contributed by atoms with Crippen molar-refractivity contribution in [2.75, 3.05) is 9.91 Å². The molecule has 0 unspecified atom stereocenters. The number of fused-ring (bicyclic) bond motifs is 1. The van der Waals surface area contributed by atoms with Crippen LogP contribution in [-0.4, -0.2) is 28.5 Å². The highest BCUT2D eigenvalue weighted by Gasteiger charge is 2.39. The minimum atomic E-state index is -0.898. The number of amides is 2. The standard InChI is InChI=1S/C25H20N4O3S/c1-25(2)27-29(16-10-4-3-5-11-16)24(33)26-21(32-25)19-14-8-9-15-20(19)28-22(30)17-12-6-7-13-18(17)23(28)31/h3-15,27H,1-2H3. The van der Waals surface area contributed by atoms with Crippen molar-refractivity contribution in [2.45, 2.75) is 19.6 Å². The van der Waals surface area contributed by atoms with Gasteiger partial charge in [0.25, 0.3) is 11.8 Å². The van der Waals surface area contributed by atoms with Gasteiger partial charge in [0.15, 0.2) is 5.72 Å². The number of imide groups is 1. The second kappa shape index (κ2) is 7.91. The summed E-state index contributed by atoms with van der Waals surface area (Å²) in [5.74, 6) is -0.561. The van der Waals surface area contributed by atoms with E-state index >= 15 is 0 Å². The fourth-order valence-electron chi connectivity index (χ4n) is 3.87. The molecular formula is C25H20N4O3S. The lowest BCUT2D eigenvalue weighted by Gasteiger charge is -2.31. The average Bonchev–Trinajstić information content (AvgIpc) is 2.99. The van der Waals surface area contributed by atoms with Crippen molar-refractivity contribution in [1.82, 2.24) is 5.43 Å². The summed E-state index contributed by atoms with van der Waals surface area (Å²) in [7, 11) is 0. The molecule has 0 saturated carbocycles. The normalized spacial score (nSPS) is 17.4. The smallest absolute Gasteiger partial charge is 0.266 e. The van der Waals surface area contributed by atoms with E-state index in [-0.39, 0.29) is 22.8 Å². The van der Waals surface area contributed by atoms with Crippen molar-refractivity contribution in [1.29, 1.82) is 0 Å². The molecule has 0 spiro atoms. The van der Waals surface area contributed by atoms with Gasteiger partial charge in [-0.1, -0.05) is 42.5 Å². The average molecular weight is 457 g/mol. The molecule has 7 nitrogen and oxygen atoms in total. The maximum atomic E-state index is 13.1. The maximum absolute atomic E-state index is 13.1. The number of rotatable bonds is 3. The van der Waals surface area contributed by atoms with Crippen molar-refractivity contribution in [2.24, 2.45) is 4.99 Å². The molecule has 0 radical (unpaired) electrons. The van der Waals surface area contributed by atoms with Gasteiger partial charge >= 0.3 is 0 Å². The van der Waals surface area contributed by atoms with Gasteiger partial charge in [0.2, 0.25) is 11.0 Å². The highest BCUT2D eigenvalue weighted by Crippen LogP contribution is 2.32.